The van der Waals surface area contributed by atoms with Gasteiger partial charge in [0.25, 0.3) is 0 Å². The molecule has 2 heterocycles. The highest BCUT2D eigenvalue weighted by molar-refractivity contribution is 5.85. The van der Waals surface area contributed by atoms with Gasteiger partial charge in [-0.15, -0.1) is 0 Å². The minimum Gasteiger partial charge on any atom is -0.369 e. The molecule has 114 valence electrons. The van der Waals surface area contributed by atoms with Crippen LogP contribution in [0.3, 0.4) is 0 Å². The van der Waals surface area contributed by atoms with E-state index in [1.165, 1.54) is 0 Å². The van der Waals surface area contributed by atoms with Crippen LogP contribution < -0.4 is 16.4 Å². The first-order valence-electron chi connectivity index (χ1n) is 6.93. The molecule has 0 saturated heterocycles. The van der Waals surface area contributed by atoms with Gasteiger partial charge in [0.05, 0.1) is 11.7 Å². The third-order valence-corrected chi connectivity index (χ3v) is 3.18. The molecule has 0 radical (unpaired) electrons. The predicted molar refractivity (Wildman–Crippen MR) is 81.9 cm³/mol. The van der Waals surface area contributed by atoms with Crippen molar-refractivity contribution >= 4 is 28.8 Å². The van der Waals surface area contributed by atoms with Crippen molar-refractivity contribution < 1.29 is 4.79 Å². The minimum absolute atomic E-state index is 0.366. The fourth-order valence-electron chi connectivity index (χ4n) is 1.67. The van der Waals surface area contributed by atoms with E-state index in [1.54, 1.807) is 20.2 Å². The van der Waals surface area contributed by atoms with Crippen LogP contribution in [-0.2, 0) is 4.79 Å². The van der Waals surface area contributed by atoms with Crippen molar-refractivity contribution in [1.29, 1.82) is 0 Å². The average Bonchev–Trinajstić information content (AvgIpc) is 2.90. The van der Waals surface area contributed by atoms with Gasteiger partial charge in [0.15, 0.2) is 11.5 Å². The molecular formula is C13H21N7O. The van der Waals surface area contributed by atoms with E-state index in [-0.39, 0.29) is 5.91 Å². The zero-order chi connectivity index (χ0) is 15.5. The summed E-state index contributed by atoms with van der Waals surface area (Å²) in [5, 5.41) is 6.28. The Balaban J connectivity index is 2.24. The Kier molecular flexibility index (Phi) is 4.25. The van der Waals surface area contributed by atoms with Gasteiger partial charge in [-0.25, -0.2) is 4.98 Å². The second-order valence-electron chi connectivity index (χ2n) is 5.53. The van der Waals surface area contributed by atoms with Gasteiger partial charge in [0.2, 0.25) is 11.9 Å². The van der Waals surface area contributed by atoms with Crippen LogP contribution in [0.25, 0.3) is 11.2 Å². The molecule has 8 heteroatoms. The van der Waals surface area contributed by atoms with E-state index < -0.39 is 5.41 Å². The quantitative estimate of drug-likeness (QED) is 0.606. The molecule has 2 rings (SSSR count). The number of fused-ring (bicyclic) bond motifs is 1. The molecule has 0 aromatic carbocycles. The lowest BCUT2D eigenvalue weighted by Gasteiger charge is -2.21. The second kappa shape index (κ2) is 5.94. The Morgan fingerprint density at radius 2 is 2.14 bits per heavy atom. The monoisotopic (exact) mass is 291 g/mol. The van der Waals surface area contributed by atoms with Crippen molar-refractivity contribution in [3.8, 4) is 0 Å². The van der Waals surface area contributed by atoms with Crippen LogP contribution in [0, 0.1) is 5.41 Å². The molecule has 0 saturated carbocycles. The lowest BCUT2D eigenvalue weighted by molar-refractivity contribution is -0.125. The number of primary amides is 1. The number of hydrogen-bond acceptors (Lipinski definition) is 6. The van der Waals surface area contributed by atoms with Crippen LogP contribution in [0.15, 0.2) is 6.33 Å². The average molecular weight is 291 g/mol. The Morgan fingerprint density at radius 3 is 2.81 bits per heavy atom. The van der Waals surface area contributed by atoms with E-state index >= 15 is 0 Å². The largest absolute Gasteiger partial charge is 0.369 e. The summed E-state index contributed by atoms with van der Waals surface area (Å²) in [6.07, 6.45) is 2.53. The number of aromatic nitrogens is 4. The first kappa shape index (κ1) is 15.0. The predicted octanol–water partition coefficient (Wildman–Crippen LogP) is 1.10. The molecule has 1 amide bonds. The van der Waals surface area contributed by atoms with E-state index in [4.69, 9.17) is 5.73 Å². The molecule has 0 aliphatic heterocycles. The SMILES string of the molecule is CCCNc1nc(NCC(C)(C)C(N)=O)c2[nH]cnc2n1. The molecule has 8 nitrogen and oxygen atoms in total. The van der Waals surface area contributed by atoms with Crippen molar-refractivity contribution in [3.63, 3.8) is 0 Å². The first-order chi connectivity index (χ1) is 9.94. The standard InChI is InChI=1S/C13H21N7O/c1-4-5-15-12-19-9(8-10(20-12)18-7-17-8)16-6-13(2,3)11(14)21/h7H,4-6H2,1-3H3,(H2,14,21)(H3,15,16,17,18,19,20). The maximum absolute atomic E-state index is 11.4. The van der Waals surface area contributed by atoms with Gasteiger partial charge in [-0.2, -0.15) is 9.97 Å². The van der Waals surface area contributed by atoms with Crippen LogP contribution in [-0.4, -0.2) is 38.9 Å². The minimum atomic E-state index is -0.672. The second-order valence-corrected chi connectivity index (χ2v) is 5.53. The number of nitrogens with two attached hydrogens (primary N) is 1. The van der Waals surface area contributed by atoms with Crippen molar-refractivity contribution in [2.75, 3.05) is 23.7 Å². The van der Waals surface area contributed by atoms with Crippen LogP contribution in [0.1, 0.15) is 27.2 Å². The molecule has 0 spiro atoms. The van der Waals surface area contributed by atoms with E-state index in [0.29, 0.717) is 29.5 Å². The van der Waals surface area contributed by atoms with Gasteiger partial charge in [0.1, 0.15) is 5.52 Å². The number of H-pyrrole nitrogens is 1. The molecule has 0 atom stereocenters. The van der Waals surface area contributed by atoms with Gasteiger partial charge in [-0.3, -0.25) is 4.79 Å². The summed E-state index contributed by atoms with van der Waals surface area (Å²) in [5.74, 6) is 0.746. The third kappa shape index (κ3) is 3.39. The lowest BCUT2D eigenvalue weighted by atomic mass is 9.93. The molecule has 2 aromatic heterocycles. The maximum atomic E-state index is 11.4. The summed E-state index contributed by atoms with van der Waals surface area (Å²) >= 11 is 0. The summed E-state index contributed by atoms with van der Waals surface area (Å²) in [7, 11) is 0. The summed E-state index contributed by atoms with van der Waals surface area (Å²) in [5.41, 5.74) is 5.98. The summed E-state index contributed by atoms with van der Waals surface area (Å²) in [4.78, 5) is 27.3. The van der Waals surface area contributed by atoms with Crippen molar-refractivity contribution in [2.45, 2.75) is 27.2 Å². The van der Waals surface area contributed by atoms with Crippen LogP contribution >= 0.6 is 0 Å². The van der Waals surface area contributed by atoms with Gasteiger partial charge in [0, 0.05) is 13.1 Å². The zero-order valence-corrected chi connectivity index (χ0v) is 12.5. The van der Waals surface area contributed by atoms with Gasteiger partial charge in [-0.05, 0) is 20.3 Å². The molecular weight excluding hydrogens is 270 g/mol. The van der Waals surface area contributed by atoms with E-state index in [2.05, 4.69) is 37.5 Å². The molecule has 0 aliphatic rings. The van der Waals surface area contributed by atoms with Crippen LogP contribution in [0.5, 0.6) is 0 Å². The fraction of sp³-hybridized carbons (Fsp3) is 0.538. The zero-order valence-electron chi connectivity index (χ0n) is 12.5. The number of imidazole rings is 1. The van der Waals surface area contributed by atoms with E-state index in [0.717, 1.165) is 13.0 Å². The summed E-state index contributed by atoms with van der Waals surface area (Å²) in [6, 6.07) is 0. The molecule has 0 bridgehead atoms. The molecule has 2 aromatic rings. The number of rotatable bonds is 7. The van der Waals surface area contributed by atoms with Crippen LogP contribution in [0.2, 0.25) is 0 Å². The number of aromatic amines is 1. The highest BCUT2D eigenvalue weighted by atomic mass is 16.1. The van der Waals surface area contributed by atoms with Gasteiger partial charge < -0.3 is 21.4 Å². The number of nitrogens with zero attached hydrogens (tertiary/aromatic N) is 3. The normalized spacial score (nSPS) is 11.6. The summed E-state index contributed by atoms with van der Waals surface area (Å²) < 4.78 is 0. The lowest BCUT2D eigenvalue weighted by Crippen LogP contribution is -2.37. The fourth-order valence-corrected chi connectivity index (χ4v) is 1.67. The van der Waals surface area contributed by atoms with Gasteiger partial charge in [-0.1, -0.05) is 6.92 Å². The number of carbonyl (C=O) groups excluding carboxylic acids is 1. The van der Waals surface area contributed by atoms with Crippen molar-refractivity contribution in [3.05, 3.63) is 6.33 Å². The Hall–Kier alpha value is -2.38. The van der Waals surface area contributed by atoms with Crippen LogP contribution in [0.4, 0.5) is 11.8 Å². The third-order valence-electron chi connectivity index (χ3n) is 3.18. The molecule has 0 aliphatic carbocycles. The first-order valence-corrected chi connectivity index (χ1v) is 6.93. The Bertz CT molecular complexity index is 634. The number of nitrogens with one attached hydrogen (secondary N) is 3. The number of hydrogen-bond donors (Lipinski definition) is 4. The number of carbonyl (C=O) groups is 1. The van der Waals surface area contributed by atoms with Crippen molar-refractivity contribution in [1.82, 2.24) is 19.9 Å². The van der Waals surface area contributed by atoms with Gasteiger partial charge >= 0.3 is 0 Å². The highest BCUT2D eigenvalue weighted by Crippen LogP contribution is 2.21. The molecule has 0 fully saturated rings. The van der Waals surface area contributed by atoms with E-state index in [1.807, 2.05) is 0 Å². The van der Waals surface area contributed by atoms with E-state index in [9.17, 15) is 4.79 Å². The topological polar surface area (TPSA) is 122 Å². The molecule has 0 unspecified atom stereocenters. The Morgan fingerprint density at radius 1 is 1.38 bits per heavy atom. The smallest absolute Gasteiger partial charge is 0.226 e. The van der Waals surface area contributed by atoms with Crippen molar-refractivity contribution in [2.24, 2.45) is 11.1 Å². The summed E-state index contributed by atoms with van der Waals surface area (Å²) in [6.45, 7) is 6.78. The number of amides is 1. The molecule has 21 heavy (non-hydrogen) atoms. The number of anilines is 2. The highest BCUT2D eigenvalue weighted by Gasteiger charge is 2.25. The maximum Gasteiger partial charge on any atom is 0.226 e. The Labute approximate surface area is 123 Å². The molecule has 5 N–H and O–H groups in total.